The summed E-state index contributed by atoms with van der Waals surface area (Å²) in [7, 11) is 0. The van der Waals surface area contributed by atoms with Crippen LogP contribution < -0.4 is 4.74 Å². The quantitative estimate of drug-likeness (QED) is 0.838. The molecule has 5 nitrogen and oxygen atoms in total. The first-order valence-corrected chi connectivity index (χ1v) is 9.36. The summed E-state index contributed by atoms with van der Waals surface area (Å²) in [6.45, 7) is 0.464. The zero-order chi connectivity index (χ0) is 18.9. The maximum atomic E-state index is 12.8. The van der Waals surface area contributed by atoms with E-state index in [0.29, 0.717) is 24.3 Å². The number of hydrogen-bond donors (Lipinski definition) is 1. The molecule has 0 aromatic heterocycles. The largest absolute Gasteiger partial charge is 0.573 e. The van der Waals surface area contributed by atoms with Crippen LogP contribution in [0, 0.1) is 5.92 Å². The third-order valence-corrected chi connectivity index (χ3v) is 5.66. The summed E-state index contributed by atoms with van der Waals surface area (Å²) in [4.78, 5) is 25.4. The van der Waals surface area contributed by atoms with E-state index in [-0.39, 0.29) is 30.0 Å². The first-order chi connectivity index (χ1) is 12.3. The summed E-state index contributed by atoms with van der Waals surface area (Å²) in [5.41, 5.74) is 0.365. The second-order valence-corrected chi connectivity index (χ2v) is 7.54. The number of nitrogens with zero attached hydrogens (tertiary/aromatic N) is 1. The zero-order valence-electron chi connectivity index (χ0n) is 13.7. The van der Waals surface area contributed by atoms with E-state index >= 15 is 0 Å². The van der Waals surface area contributed by atoms with Crippen molar-refractivity contribution in [2.75, 3.05) is 18.1 Å². The second-order valence-electron chi connectivity index (χ2n) is 6.39. The van der Waals surface area contributed by atoms with Gasteiger partial charge < -0.3 is 14.7 Å². The molecule has 0 spiro atoms. The first-order valence-electron chi connectivity index (χ1n) is 8.21. The number of halogens is 3. The Hall–Kier alpha value is -1.90. The minimum absolute atomic E-state index is 0.121. The molecule has 1 saturated heterocycles. The monoisotopic (exact) mass is 389 g/mol. The third kappa shape index (κ3) is 4.44. The fourth-order valence-corrected chi connectivity index (χ4v) is 4.41. The maximum absolute atomic E-state index is 12.8. The molecule has 3 atom stereocenters. The van der Waals surface area contributed by atoms with Gasteiger partial charge in [0.25, 0.3) is 0 Å². The highest BCUT2D eigenvalue weighted by molar-refractivity contribution is 7.99. The lowest BCUT2D eigenvalue weighted by Gasteiger charge is -2.35. The molecule has 3 unspecified atom stereocenters. The number of amides is 1. The van der Waals surface area contributed by atoms with Crippen LogP contribution in [0.15, 0.2) is 24.3 Å². The van der Waals surface area contributed by atoms with E-state index in [9.17, 15) is 22.8 Å². The van der Waals surface area contributed by atoms with Crippen LogP contribution in [0.4, 0.5) is 13.2 Å². The predicted octanol–water partition coefficient (Wildman–Crippen LogP) is 3.11. The number of rotatable bonds is 5. The molecule has 1 heterocycles. The van der Waals surface area contributed by atoms with Gasteiger partial charge in [0.1, 0.15) is 5.75 Å². The topological polar surface area (TPSA) is 66.8 Å². The van der Waals surface area contributed by atoms with E-state index in [1.54, 1.807) is 28.8 Å². The number of benzene rings is 1. The maximum Gasteiger partial charge on any atom is 0.573 e. The Balaban J connectivity index is 1.72. The van der Waals surface area contributed by atoms with E-state index in [2.05, 4.69) is 4.74 Å². The van der Waals surface area contributed by atoms with Crippen molar-refractivity contribution >= 4 is 23.6 Å². The molecule has 1 amide bonds. The number of carbonyl (C=O) groups excluding carboxylic acids is 1. The fourth-order valence-electron chi connectivity index (χ4n) is 3.34. The number of carboxylic acids is 1. The summed E-state index contributed by atoms with van der Waals surface area (Å²) in [6.07, 6.45) is -4.47. The Bertz CT molecular complexity index is 697. The van der Waals surface area contributed by atoms with Gasteiger partial charge >= 0.3 is 12.3 Å². The van der Waals surface area contributed by atoms with Gasteiger partial charge in [0, 0.05) is 24.0 Å². The molecule has 9 heteroatoms. The Labute approximate surface area is 152 Å². The molecular weight excluding hydrogens is 371 g/mol. The van der Waals surface area contributed by atoms with E-state index in [1.807, 2.05) is 0 Å². The van der Waals surface area contributed by atoms with Gasteiger partial charge in [-0.15, -0.1) is 13.2 Å². The number of alkyl halides is 3. The number of thioether (sulfide) groups is 1. The molecule has 26 heavy (non-hydrogen) atoms. The summed E-state index contributed by atoms with van der Waals surface area (Å²) in [6, 6.07) is 5.48. The van der Waals surface area contributed by atoms with Crippen LogP contribution in [0.5, 0.6) is 5.75 Å². The highest BCUT2D eigenvalue weighted by Crippen LogP contribution is 2.52. The van der Waals surface area contributed by atoms with Crippen molar-refractivity contribution in [3.05, 3.63) is 29.8 Å². The molecule has 3 rings (SSSR count). The summed E-state index contributed by atoms with van der Waals surface area (Å²) < 4.78 is 41.8. The van der Waals surface area contributed by atoms with Crippen LogP contribution in [0.1, 0.15) is 24.3 Å². The number of carboxylic acid groups (broad SMARTS) is 1. The number of aliphatic carboxylic acids is 1. The Morgan fingerprint density at radius 1 is 1.31 bits per heavy atom. The minimum atomic E-state index is -4.79. The van der Waals surface area contributed by atoms with Gasteiger partial charge in [0.05, 0.1) is 12.5 Å². The van der Waals surface area contributed by atoms with Gasteiger partial charge in [-0.3, -0.25) is 9.59 Å². The molecule has 142 valence electrons. The zero-order valence-corrected chi connectivity index (χ0v) is 14.6. The molecule has 1 aliphatic heterocycles. The van der Waals surface area contributed by atoms with Crippen LogP contribution in [0.2, 0.25) is 0 Å². The van der Waals surface area contributed by atoms with Crippen LogP contribution in [-0.2, 0) is 9.59 Å². The van der Waals surface area contributed by atoms with Gasteiger partial charge in [-0.25, -0.2) is 0 Å². The van der Waals surface area contributed by atoms with Crippen molar-refractivity contribution in [1.29, 1.82) is 0 Å². The van der Waals surface area contributed by atoms with Crippen LogP contribution in [0.25, 0.3) is 0 Å². The fraction of sp³-hybridized carbons (Fsp3) is 0.529. The normalized spacial score (nSPS) is 25.7. The van der Waals surface area contributed by atoms with Gasteiger partial charge in [-0.05, 0) is 24.0 Å². The van der Waals surface area contributed by atoms with Gasteiger partial charge in [-0.1, -0.05) is 18.2 Å². The highest BCUT2D eigenvalue weighted by atomic mass is 32.2. The molecule has 1 aromatic carbocycles. The lowest BCUT2D eigenvalue weighted by molar-refractivity contribution is -0.274. The predicted molar refractivity (Wildman–Crippen MR) is 89.1 cm³/mol. The molecule has 1 aliphatic carbocycles. The number of para-hydroxylation sites is 1. The molecule has 0 bridgehead atoms. The van der Waals surface area contributed by atoms with Crippen LogP contribution in [-0.4, -0.2) is 52.3 Å². The SMILES string of the molecule is O=C(O)CC1CSCCN1C(=O)C1CC1c1ccccc1OC(F)(F)F. The van der Waals surface area contributed by atoms with E-state index in [4.69, 9.17) is 5.11 Å². The van der Waals surface area contributed by atoms with Crippen LogP contribution >= 0.6 is 11.8 Å². The Morgan fingerprint density at radius 3 is 2.73 bits per heavy atom. The average molecular weight is 389 g/mol. The first kappa shape index (κ1) is 18.9. The van der Waals surface area contributed by atoms with Crippen molar-refractivity contribution < 1.29 is 32.6 Å². The standard InChI is InChI=1S/C17H18F3NO4S/c18-17(19,20)25-14-4-2-1-3-11(14)12-8-13(12)16(24)21-5-6-26-9-10(21)7-15(22)23/h1-4,10,12-13H,5-9H2,(H,22,23). The number of hydrogen-bond acceptors (Lipinski definition) is 4. The van der Waals surface area contributed by atoms with Crippen molar-refractivity contribution in [3.8, 4) is 5.75 Å². The van der Waals surface area contributed by atoms with Crippen molar-refractivity contribution in [1.82, 2.24) is 4.90 Å². The van der Waals surface area contributed by atoms with Crippen LogP contribution in [0.3, 0.4) is 0 Å². The Morgan fingerprint density at radius 2 is 2.04 bits per heavy atom. The lowest BCUT2D eigenvalue weighted by Crippen LogP contribution is -2.47. The molecule has 1 saturated carbocycles. The number of ether oxygens (including phenoxy) is 1. The van der Waals surface area contributed by atoms with Crippen molar-refractivity contribution in [2.24, 2.45) is 5.92 Å². The highest BCUT2D eigenvalue weighted by Gasteiger charge is 2.49. The van der Waals surface area contributed by atoms with Gasteiger partial charge in [0.15, 0.2) is 0 Å². The lowest BCUT2D eigenvalue weighted by atomic mass is 10.1. The minimum Gasteiger partial charge on any atom is -0.481 e. The molecule has 2 aliphatic rings. The average Bonchev–Trinajstić information content (AvgIpc) is 3.34. The molecule has 1 N–H and O–H groups in total. The third-order valence-electron chi connectivity index (χ3n) is 4.57. The molecular formula is C17H18F3NO4S. The van der Waals surface area contributed by atoms with Gasteiger partial charge in [-0.2, -0.15) is 11.8 Å². The van der Waals surface area contributed by atoms with Crippen molar-refractivity contribution in [2.45, 2.75) is 31.2 Å². The van der Waals surface area contributed by atoms with E-state index in [0.717, 1.165) is 5.75 Å². The second kappa shape index (κ2) is 7.38. The Kier molecular flexibility index (Phi) is 5.36. The molecule has 0 radical (unpaired) electrons. The smallest absolute Gasteiger partial charge is 0.481 e. The van der Waals surface area contributed by atoms with Gasteiger partial charge in [0.2, 0.25) is 5.91 Å². The summed E-state index contributed by atoms with van der Waals surface area (Å²) in [5, 5.41) is 9.02. The molecule has 2 fully saturated rings. The summed E-state index contributed by atoms with van der Waals surface area (Å²) in [5.74, 6) is -0.893. The van der Waals surface area contributed by atoms with Crippen molar-refractivity contribution in [3.63, 3.8) is 0 Å². The van der Waals surface area contributed by atoms with E-state index in [1.165, 1.54) is 12.1 Å². The number of carbonyl (C=O) groups is 2. The van der Waals surface area contributed by atoms with E-state index < -0.39 is 18.2 Å². The summed E-state index contributed by atoms with van der Waals surface area (Å²) >= 11 is 1.60. The molecule has 1 aromatic rings.